The molecule has 2 fully saturated rings. The highest BCUT2D eigenvalue weighted by atomic mass is 16.5. The zero-order chi connectivity index (χ0) is 16.2. The van der Waals surface area contributed by atoms with Gasteiger partial charge in [-0.15, -0.1) is 0 Å². The average Bonchev–Trinajstić information content (AvgIpc) is 2.98. The molecule has 1 saturated heterocycles. The maximum absolute atomic E-state index is 12.7. The van der Waals surface area contributed by atoms with Crippen molar-refractivity contribution in [2.24, 2.45) is 5.92 Å². The van der Waals surface area contributed by atoms with Gasteiger partial charge in [0, 0.05) is 12.6 Å². The maximum atomic E-state index is 12.7. The lowest BCUT2D eigenvalue weighted by molar-refractivity contribution is 0.164. The van der Waals surface area contributed by atoms with E-state index in [2.05, 4.69) is 5.32 Å². The predicted octanol–water partition coefficient (Wildman–Crippen LogP) is 3.24. The van der Waals surface area contributed by atoms with Gasteiger partial charge in [-0.2, -0.15) is 0 Å². The number of likely N-dealkylation sites (tertiary alicyclic amines) is 1. The van der Waals surface area contributed by atoms with E-state index in [1.54, 1.807) is 7.11 Å². The number of benzene rings is 1. The van der Waals surface area contributed by atoms with Crippen LogP contribution in [0.4, 0.5) is 10.5 Å². The normalized spacial score (nSPS) is 25.4. The molecule has 23 heavy (non-hydrogen) atoms. The number of para-hydroxylation sites is 2. The van der Waals surface area contributed by atoms with Crippen molar-refractivity contribution in [2.75, 3.05) is 19.0 Å². The van der Waals surface area contributed by atoms with Crippen molar-refractivity contribution in [3.63, 3.8) is 0 Å². The zero-order valence-electron chi connectivity index (χ0n) is 13.7. The molecule has 2 aliphatic rings. The fourth-order valence-corrected chi connectivity index (χ4v) is 3.98. The minimum atomic E-state index is -0.412. The minimum Gasteiger partial charge on any atom is -0.495 e. The largest absolute Gasteiger partial charge is 0.495 e. The Morgan fingerprint density at radius 3 is 2.74 bits per heavy atom. The number of aliphatic hydroxyl groups excluding tert-OH is 1. The molecular weight excluding hydrogens is 292 g/mol. The van der Waals surface area contributed by atoms with Crippen LogP contribution in [0.15, 0.2) is 24.3 Å². The average molecular weight is 318 g/mol. The van der Waals surface area contributed by atoms with Crippen LogP contribution in [0.5, 0.6) is 5.75 Å². The van der Waals surface area contributed by atoms with E-state index in [0.717, 1.165) is 12.8 Å². The number of nitrogens with one attached hydrogen (secondary N) is 1. The number of hydrogen-bond acceptors (Lipinski definition) is 3. The molecule has 0 unspecified atom stereocenters. The highest BCUT2D eigenvalue weighted by Crippen LogP contribution is 2.35. The van der Waals surface area contributed by atoms with Gasteiger partial charge < -0.3 is 20.1 Å². The molecular formula is C18H26N2O3. The first-order chi connectivity index (χ1) is 11.2. The molecule has 2 N–H and O–H groups in total. The van der Waals surface area contributed by atoms with Crippen LogP contribution < -0.4 is 10.1 Å². The number of methoxy groups -OCH3 is 1. The van der Waals surface area contributed by atoms with Gasteiger partial charge >= 0.3 is 6.03 Å². The van der Waals surface area contributed by atoms with Gasteiger partial charge in [0.25, 0.3) is 0 Å². The molecule has 3 rings (SSSR count). The number of carbonyl (C=O) groups is 1. The van der Waals surface area contributed by atoms with Crippen molar-refractivity contribution in [2.45, 2.75) is 50.7 Å². The Morgan fingerprint density at radius 2 is 2.00 bits per heavy atom. The smallest absolute Gasteiger partial charge is 0.322 e. The van der Waals surface area contributed by atoms with Crippen LogP contribution in [-0.4, -0.2) is 41.8 Å². The summed E-state index contributed by atoms with van der Waals surface area (Å²) in [5, 5.41) is 13.0. The Morgan fingerprint density at radius 1 is 1.26 bits per heavy atom. The van der Waals surface area contributed by atoms with Gasteiger partial charge in [-0.3, -0.25) is 0 Å². The summed E-state index contributed by atoms with van der Waals surface area (Å²) in [4.78, 5) is 14.6. The summed E-state index contributed by atoms with van der Waals surface area (Å²) in [5.41, 5.74) is 0.670. The van der Waals surface area contributed by atoms with E-state index < -0.39 is 6.10 Å². The summed E-state index contributed by atoms with van der Waals surface area (Å²) in [5.74, 6) is 1.17. The number of aliphatic hydroxyl groups is 1. The van der Waals surface area contributed by atoms with Crippen LogP contribution in [0.25, 0.3) is 0 Å². The SMILES string of the molecule is COc1ccccc1NC(=O)N1C[C@@H](O)C[C@@H]1C1CCCCC1. The van der Waals surface area contributed by atoms with Gasteiger partial charge in [-0.05, 0) is 37.3 Å². The summed E-state index contributed by atoms with van der Waals surface area (Å²) < 4.78 is 5.29. The quantitative estimate of drug-likeness (QED) is 0.899. The van der Waals surface area contributed by atoms with Gasteiger partial charge in [0.05, 0.1) is 18.9 Å². The Labute approximate surface area is 137 Å². The van der Waals surface area contributed by atoms with Crippen LogP contribution in [0.1, 0.15) is 38.5 Å². The van der Waals surface area contributed by atoms with Crippen molar-refractivity contribution >= 4 is 11.7 Å². The summed E-state index contributed by atoms with van der Waals surface area (Å²) in [6, 6.07) is 7.42. The lowest BCUT2D eigenvalue weighted by Gasteiger charge is -2.33. The van der Waals surface area contributed by atoms with Crippen molar-refractivity contribution in [3.05, 3.63) is 24.3 Å². The van der Waals surface area contributed by atoms with Crippen molar-refractivity contribution in [1.82, 2.24) is 4.90 Å². The van der Waals surface area contributed by atoms with Gasteiger partial charge in [0.15, 0.2) is 0 Å². The van der Waals surface area contributed by atoms with E-state index in [4.69, 9.17) is 4.74 Å². The van der Waals surface area contributed by atoms with E-state index in [-0.39, 0.29) is 12.1 Å². The van der Waals surface area contributed by atoms with Crippen molar-refractivity contribution in [1.29, 1.82) is 0 Å². The highest BCUT2D eigenvalue weighted by Gasteiger charge is 2.39. The number of anilines is 1. The first-order valence-corrected chi connectivity index (χ1v) is 8.57. The standard InChI is InChI=1S/C18H26N2O3/c1-23-17-10-6-5-9-15(17)19-18(22)20-12-14(21)11-16(20)13-7-3-2-4-8-13/h5-6,9-10,13-14,16,21H,2-4,7-8,11-12H2,1H3,(H,19,22)/t14-,16+/m0/s1. The number of rotatable bonds is 3. The summed E-state index contributed by atoms with van der Waals surface area (Å²) in [6.45, 7) is 0.419. The topological polar surface area (TPSA) is 61.8 Å². The molecule has 0 radical (unpaired) electrons. The molecule has 2 atom stereocenters. The number of hydrogen-bond donors (Lipinski definition) is 2. The summed E-state index contributed by atoms with van der Waals surface area (Å²) in [6.07, 6.45) is 6.37. The molecule has 1 saturated carbocycles. The molecule has 5 nitrogen and oxygen atoms in total. The third-order valence-electron chi connectivity index (χ3n) is 5.12. The molecule has 1 aliphatic carbocycles. The number of amides is 2. The van der Waals surface area contributed by atoms with E-state index in [1.807, 2.05) is 29.2 Å². The molecule has 126 valence electrons. The molecule has 0 spiro atoms. The number of ether oxygens (including phenoxy) is 1. The van der Waals surface area contributed by atoms with Crippen LogP contribution in [0.2, 0.25) is 0 Å². The van der Waals surface area contributed by atoms with E-state index in [0.29, 0.717) is 30.3 Å². The van der Waals surface area contributed by atoms with Crippen LogP contribution in [0, 0.1) is 5.92 Å². The molecule has 0 aromatic heterocycles. The number of carbonyl (C=O) groups excluding carboxylic acids is 1. The predicted molar refractivity (Wildman–Crippen MR) is 89.7 cm³/mol. The molecule has 1 aliphatic heterocycles. The lowest BCUT2D eigenvalue weighted by atomic mass is 9.83. The van der Waals surface area contributed by atoms with E-state index in [1.165, 1.54) is 19.3 Å². The Hall–Kier alpha value is -1.75. The first-order valence-electron chi connectivity index (χ1n) is 8.57. The number of urea groups is 1. The monoisotopic (exact) mass is 318 g/mol. The summed E-state index contributed by atoms with van der Waals surface area (Å²) >= 11 is 0. The van der Waals surface area contributed by atoms with Crippen molar-refractivity contribution < 1.29 is 14.6 Å². The van der Waals surface area contributed by atoms with Crippen LogP contribution in [-0.2, 0) is 0 Å². The van der Waals surface area contributed by atoms with Crippen molar-refractivity contribution in [3.8, 4) is 5.75 Å². The second kappa shape index (κ2) is 7.21. The van der Waals surface area contributed by atoms with Gasteiger partial charge in [0.1, 0.15) is 5.75 Å². The van der Waals surface area contributed by atoms with Gasteiger partial charge in [-0.1, -0.05) is 31.4 Å². The zero-order valence-corrected chi connectivity index (χ0v) is 13.7. The van der Waals surface area contributed by atoms with E-state index in [9.17, 15) is 9.90 Å². The highest BCUT2D eigenvalue weighted by molar-refractivity contribution is 5.91. The second-order valence-electron chi connectivity index (χ2n) is 6.64. The fraction of sp³-hybridized carbons (Fsp3) is 0.611. The van der Waals surface area contributed by atoms with E-state index >= 15 is 0 Å². The number of β-amino-alcohol motifs (C(OH)–C–C–N with tert-alkyl or cyclic N) is 1. The Bertz CT molecular complexity index is 543. The first kappa shape index (κ1) is 16.1. The minimum absolute atomic E-state index is 0.137. The van der Waals surface area contributed by atoms with Gasteiger partial charge in [-0.25, -0.2) is 4.79 Å². The Kier molecular flexibility index (Phi) is 5.06. The number of nitrogens with zero attached hydrogens (tertiary/aromatic N) is 1. The molecule has 1 aromatic rings. The molecule has 1 heterocycles. The molecule has 5 heteroatoms. The Balaban J connectivity index is 1.71. The van der Waals surface area contributed by atoms with Gasteiger partial charge in [0.2, 0.25) is 0 Å². The molecule has 1 aromatic carbocycles. The third-order valence-corrected chi connectivity index (χ3v) is 5.12. The van der Waals surface area contributed by atoms with Crippen LogP contribution >= 0.6 is 0 Å². The summed E-state index contributed by atoms with van der Waals surface area (Å²) in [7, 11) is 1.59. The molecule has 0 bridgehead atoms. The fourth-order valence-electron chi connectivity index (χ4n) is 3.98. The molecule has 2 amide bonds. The maximum Gasteiger partial charge on any atom is 0.322 e. The second-order valence-corrected chi connectivity index (χ2v) is 6.64. The third kappa shape index (κ3) is 3.61. The lowest BCUT2D eigenvalue weighted by Crippen LogP contribution is -2.43. The van der Waals surface area contributed by atoms with Crippen LogP contribution in [0.3, 0.4) is 0 Å².